The van der Waals surface area contributed by atoms with Gasteiger partial charge in [0.15, 0.2) is 0 Å². The summed E-state index contributed by atoms with van der Waals surface area (Å²) in [6.07, 6.45) is -2.12. The maximum absolute atomic E-state index is 13.6. The molecule has 0 fully saturated rings. The summed E-state index contributed by atoms with van der Waals surface area (Å²) in [5, 5.41) is 0.975. The van der Waals surface area contributed by atoms with E-state index in [0.717, 1.165) is 57.8 Å². The van der Waals surface area contributed by atoms with E-state index in [0.29, 0.717) is 5.75 Å². The van der Waals surface area contributed by atoms with Gasteiger partial charge in [-0.15, -0.1) is 11.3 Å². The Morgan fingerprint density at radius 3 is 2.52 bits per heavy atom. The summed E-state index contributed by atoms with van der Waals surface area (Å²) in [4.78, 5) is 17.0. The number of aromatic nitrogens is 1. The van der Waals surface area contributed by atoms with Gasteiger partial charge in [-0.05, 0) is 61.5 Å². The first kappa shape index (κ1) is 24.8. The lowest BCUT2D eigenvalue weighted by Gasteiger charge is -2.31. The zero-order valence-electron chi connectivity index (χ0n) is 18.8. The van der Waals surface area contributed by atoms with E-state index < -0.39 is 30.8 Å². The number of esters is 1. The molecule has 0 spiro atoms. The molecular formula is C25H26F3NO3S. The molecule has 0 bridgehead atoms. The smallest absolute Gasteiger partial charge is 0.400 e. The number of ether oxygens (including phenoxy) is 2. The van der Waals surface area contributed by atoms with E-state index in [2.05, 4.69) is 37.3 Å². The monoisotopic (exact) mass is 477 g/mol. The van der Waals surface area contributed by atoms with Crippen molar-refractivity contribution in [3.05, 3.63) is 60.4 Å². The van der Waals surface area contributed by atoms with Crippen molar-refractivity contribution < 1.29 is 27.4 Å². The molecule has 4 nitrogen and oxygen atoms in total. The zero-order chi connectivity index (χ0) is 24.2. The van der Waals surface area contributed by atoms with E-state index in [9.17, 15) is 18.0 Å². The zero-order valence-corrected chi connectivity index (χ0v) is 19.6. The number of pyridine rings is 1. The largest absolute Gasteiger partial charge is 0.492 e. The highest BCUT2D eigenvalue weighted by Crippen LogP contribution is 2.40. The fourth-order valence-electron chi connectivity index (χ4n) is 3.21. The second-order valence-electron chi connectivity index (χ2n) is 7.97. The Balaban J connectivity index is 1.83. The van der Waals surface area contributed by atoms with Crippen LogP contribution >= 0.6 is 11.3 Å². The lowest BCUT2D eigenvalue weighted by atomic mass is 9.92. The van der Waals surface area contributed by atoms with Crippen LogP contribution in [0.25, 0.3) is 20.5 Å². The highest BCUT2D eigenvalue weighted by Gasteiger charge is 2.53. The van der Waals surface area contributed by atoms with Gasteiger partial charge in [-0.1, -0.05) is 20.4 Å². The first-order valence-corrected chi connectivity index (χ1v) is 11.4. The van der Waals surface area contributed by atoms with E-state index in [-0.39, 0.29) is 0 Å². The van der Waals surface area contributed by atoms with Crippen LogP contribution in [0.15, 0.2) is 49.1 Å². The average Bonchev–Trinajstić information content (AvgIpc) is 3.23. The molecule has 0 aliphatic carbocycles. The lowest BCUT2D eigenvalue weighted by molar-refractivity contribution is -0.240. The predicted molar refractivity (Wildman–Crippen MR) is 125 cm³/mol. The second-order valence-corrected chi connectivity index (χ2v) is 9.06. The molecule has 0 saturated carbocycles. The number of nitrogens with zero attached hydrogens (tertiary/aromatic N) is 1. The summed E-state index contributed by atoms with van der Waals surface area (Å²) in [7, 11) is 0. The number of carbonyl (C=O) groups excluding carboxylic acids is 1. The number of hydrogen-bond donors (Lipinski definition) is 0. The molecule has 0 aliphatic rings. The predicted octanol–water partition coefficient (Wildman–Crippen LogP) is 6.76. The Hall–Kier alpha value is -2.87. The Bertz CT molecular complexity index is 1160. The summed E-state index contributed by atoms with van der Waals surface area (Å²) in [6.45, 7) is 6.75. The topological polar surface area (TPSA) is 48.4 Å². The third kappa shape index (κ3) is 5.55. The maximum Gasteiger partial charge on any atom is 0.400 e. The molecule has 1 unspecified atom stereocenters. The minimum atomic E-state index is -4.62. The van der Waals surface area contributed by atoms with Gasteiger partial charge in [0.2, 0.25) is 0 Å². The summed E-state index contributed by atoms with van der Waals surface area (Å²) >= 11 is 1.54. The third-order valence-electron chi connectivity index (χ3n) is 5.43. The van der Waals surface area contributed by atoms with Gasteiger partial charge in [0.1, 0.15) is 24.4 Å². The van der Waals surface area contributed by atoms with Crippen molar-refractivity contribution in [1.29, 1.82) is 0 Å². The first-order valence-electron chi connectivity index (χ1n) is 10.6. The third-order valence-corrected chi connectivity index (χ3v) is 6.56. The van der Waals surface area contributed by atoms with Crippen LogP contribution < -0.4 is 4.74 Å². The molecule has 0 amide bonds. The van der Waals surface area contributed by atoms with Crippen LogP contribution in [0.1, 0.15) is 32.2 Å². The summed E-state index contributed by atoms with van der Waals surface area (Å²) in [5.74, 6) is -0.595. The van der Waals surface area contributed by atoms with Crippen LogP contribution in [0, 0.1) is 5.41 Å². The number of rotatable bonds is 9. The highest BCUT2D eigenvalue weighted by molar-refractivity contribution is 7.22. The van der Waals surface area contributed by atoms with Crippen LogP contribution in [-0.2, 0) is 22.4 Å². The molecule has 2 aromatic heterocycles. The van der Waals surface area contributed by atoms with Gasteiger partial charge >= 0.3 is 12.1 Å². The van der Waals surface area contributed by atoms with E-state index in [4.69, 9.17) is 9.72 Å². The molecule has 0 aliphatic heterocycles. The van der Waals surface area contributed by atoms with Gasteiger partial charge in [0.05, 0.1) is 0 Å². The van der Waals surface area contributed by atoms with Crippen molar-refractivity contribution in [3.8, 4) is 16.2 Å². The quantitative estimate of drug-likeness (QED) is 0.252. The number of aryl methyl sites for hydroxylation is 2. The van der Waals surface area contributed by atoms with Crippen LogP contribution in [0.2, 0.25) is 0 Å². The van der Waals surface area contributed by atoms with Gasteiger partial charge in [0.25, 0.3) is 0 Å². The molecule has 0 saturated heterocycles. The molecule has 1 atom stereocenters. The maximum atomic E-state index is 13.6. The fourth-order valence-corrected chi connectivity index (χ4v) is 4.35. The standard InChI is InChI=1S/C25H26F3NO3S/c1-5-17-9-11-19(20(6-2)29-17)22-12-16-8-10-18(13-21(16)33-22)31-14-24(4,25(26,27)28)15-32-23(30)7-3/h7-13H,3,5-6,14-15H2,1-2,4H3. The number of carbonyl (C=O) groups is 1. The van der Waals surface area contributed by atoms with Gasteiger partial charge in [0, 0.05) is 32.6 Å². The molecule has 0 N–H and O–H groups in total. The number of alkyl halides is 3. The van der Waals surface area contributed by atoms with Crippen molar-refractivity contribution in [2.75, 3.05) is 13.2 Å². The molecule has 2 heterocycles. The minimum Gasteiger partial charge on any atom is -0.492 e. The van der Waals surface area contributed by atoms with Crippen molar-refractivity contribution in [3.63, 3.8) is 0 Å². The highest BCUT2D eigenvalue weighted by atomic mass is 32.1. The normalized spacial score (nSPS) is 13.5. The molecule has 3 rings (SSSR count). The molecule has 3 aromatic rings. The number of thiophene rings is 1. The van der Waals surface area contributed by atoms with Crippen LogP contribution in [-0.4, -0.2) is 30.3 Å². The summed E-state index contributed by atoms with van der Waals surface area (Å²) in [6, 6.07) is 11.4. The number of benzene rings is 1. The van der Waals surface area contributed by atoms with Gasteiger partial charge in [-0.3, -0.25) is 4.98 Å². The minimum absolute atomic E-state index is 0.316. The Labute approximate surface area is 195 Å². The van der Waals surface area contributed by atoms with Gasteiger partial charge in [-0.25, -0.2) is 4.79 Å². The Kier molecular flexibility index (Phi) is 7.47. The summed E-state index contributed by atoms with van der Waals surface area (Å²) in [5.41, 5.74) is 0.766. The van der Waals surface area contributed by atoms with Gasteiger partial charge < -0.3 is 9.47 Å². The summed E-state index contributed by atoms with van der Waals surface area (Å²) < 4.78 is 52.0. The number of hydrogen-bond acceptors (Lipinski definition) is 5. The Morgan fingerprint density at radius 1 is 1.12 bits per heavy atom. The van der Waals surface area contributed by atoms with Gasteiger partial charge in [-0.2, -0.15) is 13.2 Å². The molecule has 0 radical (unpaired) electrons. The fraction of sp³-hybridized carbons (Fsp3) is 0.360. The molecule has 1 aromatic carbocycles. The van der Waals surface area contributed by atoms with Crippen molar-refractivity contribution >= 4 is 27.4 Å². The molecule has 33 heavy (non-hydrogen) atoms. The van der Waals surface area contributed by atoms with Crippen LogP contribution in [0.5, 0.6) is 5.75 Å². The second kappa shape index (κ2) is 9.95. The van der Waals surface area contributed by atoms with Crippen molar-refractivity contribution in [1.82, 2.24) is 4.98 Å². The van der Waals surface area contributed by atoms with E-state index in [1.165, 1.54) is 0 Å². The van der Waals surface area contributed by atoms with Crippen LogP contribution in [0.4, 0.5) is 13.2 Å². The average molecular weight is 478 g/mol. The lowest BCUT2D eigenvalue weighted by Crippen LogP contribution is -2.44. The van der Waals surface area contributed by atoms with E-state index in [1.54, 1.807) is 23.5 Å². The first-order chi connectivity index (χ1) is 15.6. The molecule has 176 valence electrons. The molecule has 8 heteroatoms. The van der Waals surface area contributed by atoms with Crippen molar-refractivity contribution in [2.45, 2.75) is 39.8 Å². The number of halogens is 3. The van der Waals surface area contributed by atoms with E-state index in [1.807, 2.05) is 12.1 Å². The number of fused-ring (bicyclic) bond motifs is 1. The van der Waals surface area contributed by atoms with Crippen LogP contribution in [0.3, 0.4) is 0 Å². The molecular weight excluding hydrogens is 451 g/mol. The SMILES string of the molecule is C=CC(=O)OCC(C)(COc1ccc2cc(-c3ccc(CC)nc3CC)sc2c1)C(F)(F)F. The van der Waals surface area contributed by atoms with E-state index >= 15 is 0 Å². The van der Waals surface area contributed by atoms with Crippen molar-refractivity contribution in [2.24, 2.45) is 5.41 Å². The Morgan fingerprint density at radius 2 is 1.88 bits per heavy atom.